The zero-order valence-electron chi connectivity index (χ0n) is 18.3. The molecule has 5 rings (SSSR count). The quantitative estimate of drug-likeness (QED) is 0.612. The van der Waals surface area contributed by atoms with Gasteiger partial charge in [-0.3, -0.25) is 4.79 Å². The van der Waals surface area contributed by atoms with Gasteiger partial charge in [0.25, 0.3) is 5.91 Å². The highest BCUT2D eigenvalue weighted by Crippen LogP contribution is 2.34. The van der Waals surface area contributed by atoms with Crippen LogP contribution in [0.5, 0.6) is 5.75 Å². The molecule has 2 atom stereocenters. The summed E-state index contributed by atoms with van der Waals surface area (Å²) in [6.45, 7) is 5.52. The lowest BCUT2D eigenvalue weighted by Gasteiger charge is -2.39. The van der Waals surface area contributed by atoms with Crippen molar-refractivity contribution in [3.8, 4) is 5.75 Å². The molecule has 1 saturated heterocycles. The number of amides is 1. The normalized spacial score (nSPS) is 20.2. The highest BCUT2D eigenvalue weighted by molar-refractivity contribution is 6.01. The Kier molecular flexibility index (Phi) is 5.57. The Bertz CT molecular complexity index is 1080. The fourth-order valence-electron chi connectivity index (χ4n) is 4.36. The number of benzene rings is 2. The number of para-hydroxylation sites is 1. The Hall–Kier alpha value is -3.32. The van der Waals surface area contributed by atoms with Gasteiger partial charge < -0.3 is 24.2 Å². The summed E-state index contributed by atoms with van der Waals surface area (Å²) in [6, 6.07) is 15.5. The third-order valence-electron chi connectivity index (χ3n) is 6.21. The van der Waals surface area contributed by atoms with Gasteiger partial charge in [0.05, 0.1) is 22.9 Å². The molecule has 2 aliphatic rings. The van der Waals surface area contributed by atoms with E-state index in [-0.39, 0.29) is 18.2 Å². The standard InChI is InChI=1S/C25H27N3O4/c1-16-22(17(2)32-27-16)15-31-19-11-9-18(10-12-19)24-26-23-8-4-3-7-21(23)25(29)28(24)14-20-6-5-13-30-20/h3-4,7-12,20,24,26H,5-6,13-15H2,1-2H3/t20-,24+/m1/s1. The Labute approximate surface area is 187 Å². The van der Waals surface area contributed by atoms with Gasteiger partial charge in [0.1, 0.15) is 24.3 Å². The largest absolute Gasteiger partial charge is 0.489 e. The van der Waals surface area contributed by atoms with Gasteiger partial charge in [-0.2, -0.15) is 0 Å². The molecular formula is C25H27N3O4. The summed E-state index contributed by atoms with van der Waals surface area (Å²) in [7, 11) is 0. The van der Waals surface area contributed by atoms with Crippen molar-refractivity contribution in [2.75, 3.05) is 18.5 Å². The van der Waals surface area contributed by atoms with Crippen molar-refractivity contribution in [1.82, 2.24) is 10.1 Å². The lowest BCUT2D eigenvalue weighted by Crippen LogP contribution is -2.46. The predicted molar refractivity (Wildman–Crippen MR) is 120 cm³/mol. The summed E-state index contributed by atoms with van der Waals surface area (Å²) in [5, 5.41) is 7.51. The minimum atomic E-state index is -0.266. The number of nitrogens with zero attached hydrogens (tertiary/aromatic N) is 2. The van der Waals surface area contributed by atoms with Crippen LogP contribution in [0.2, 0.25) is 0 Å². The molecule has 1 fully saturated rings. The second-order valence-electron chi connectivity index (χ2n) is 8.35. The van der Waals surface area contributed by atoms with Crippen molar-refractivity contribution in [2.45, 2.75) is 45.6 Å². The number of ether oxygens (including phenoxy) is 2. The van der Waals surface area contributed by atoms with E-state index in [9.17, 15) is 4.79 Å². The lowest BCUT2D eigenvalue weighted by molar-refractivity contribution is 0.0427. The van der Waals surface area contributed by atoms with Gasteiger partial charge in [0.15, 0.2) is 0 Å². The number of aryl methyl sites for hydroxylation is 2. The smallest absolute Gasteiger partial charge is 0.257 e. The average molecular weight is 434 g/mol. The average Bonchev–Trinajstić information content (AvgIpc) is 3.44. The highest BCUT2D eigenvalue weighted by Gasteiger charge is 2.35. The van der Waals surface area contributed by atoms with E-state index < -0.39 is 0 Å². The Balaban J connectivity index is 1.36. The molecule has 2 aromatic carbocycles. The highest BCUT2D eigenvalue weighted by atomic mass is 16.5. The molecule has 3 aromatic rings. The first-order chi connectivity index (χ1) is 15.6. The Morgan fingerprint density at radius 2 is 1.97 bits per heavy atom. The summed E-state index contributed by atoms with van der Waals surface area (Å²) in [6.07, 6.45) is 1.83. The number of anilines is 1. The Morgan fingerprint density at radius 3 is 2.69 bits per heavy atom. The van der Waals surface area contributed by atoms with E-state index in [2.05, 4.69) is 10.5 Å². The van der Waals surface area contributed by atoms with Crippen LogP contribution in [0.25, 0.3) is 0 Å². The van der Waals surface area contributed by atoms with E-state index in [0.29, 0.717) is 18.7 Å². The molecule has 0 unspecified atom stereocenters. The van der Waals surface area contributed by atoms with Crippen molar-refractivity contribution < 1.29 is 18.8 Å². The molecular weight excluding hydrogens is 406 g/mol. The molecule has 0 bridgehead atoms. The molecule has 7 heteroatoms. The molecule has 7 nitrogen and oxygen atoms in total. The summed E-state index contributed by atoms with van der Waals surface area (Å²) < 4.78 is 17.0. The summed E-state index contributed by atoms with van der Waals surface area (Å²) in [5.41, 5.74) is 4.35. The van der Waals surface area contributed by atoms with E-state index >= 15 is 0 Å². The molecule has 0 radical (unpaired) electrons. The van der Waals surface area contributed by atoms with Crippen LogP contribution < -0.4 is 10.1 Å². The first-order valence-corrected chi connectivity index (χ1v) is 11.0. The maximum absolute atomic E-state index is 13.3. The van der Waals surface area contributed by atoms with Crippen LogP contribution in [0.4, 0.5) is 5.69 Å². The van der Waals surface area contributed by atoms with Crippen molar-refractivity contribution in [2.24, 2.45) is 0 Å². The zero-order chi connectivity index (χ0) is 22.1. The van der Waals surface area contributed by atoms with E-state index in [0.717, 1.165) is 53.5 Å². The van der Waals surface area contributed by atoms with E-state index in [1.54, 1.807) is 0 Å². The number of hydrogen-bond donors (Lipinski definition) is 1. The van der Waals surface area contributed by atoms with Gasteiger partial charge in [-0.25, -0.2) is 0 Å². The van der Waals surface area contributed by atoms with Gasteiger partial charge in [0.2, 0.25) is 0 Å². The minimum Gasteiger partial charge on any atom is -0.489 e. The van der Waals surface area contributed by atoms with E-state index in [1.807, 2.05) is 67.3 Å². The van der Waals surface area contributed by atoms with Gasteiger partial charge in [-0.05, 0) is 56.5 Å². The fourth-order valence-corrected chi connectivity index (χ4v) is 4.36. The van der Waals surface area contributed by atoms with Crippen molar-refractivity contribution in [3.63, 3.8) is 0 Å². The number of hydrogen-bond acceptors (Lipinski definition) is 6. The van der Waals surface area contributed by atoms with Crippen LogP contribution in [-0.2, 0) is 11.3 Å². The molecule has 0 aliphatic carbocycles. The number of carbonyl (C=O) groups excluding carboxylic acids is 1. The van der Waals surface area contributed by atoms with Gasteiger partial charge in [0, 0.05) is 18.8 Å². The maximum Gasteiger partial charge on any atom is 0.257 e. The third kappa shape index (κ3) is 3.96. The molecule has 1 N–H and O–H groups in total. The molecule has 0 saturated carbocycles. The molecule has 32 heavy (non-hydrogen) atoms. The number of rotatable bonds is 6. The lowest BCUT2D eigenvalue weighted by atomic mass is 10.0. The van der Waals surface area contributed by atoms with Crippen LogP contribution in [-0.4, -0.2) is 35.2 Å². The summed E-state index contributed by atoms with van der Waals surface area (Å²) >= 11 is 0. The second kappa shape index (κ2) is 8.67. The summed E-state index contributed by atoms with van der Waals surface area (Å²) in [5.74, 6) is 1.55. The minimum absolute atomic E-state index is 0.0265. The van der Waals surface area contributed by atoms with Crippen LogP contribution >= 0.6 is 0 Å². The molecule has 0 spiro atoms. The second-order valence-corrected chi connectivity index (χ2v) is 8.35. The number of aromatic nitrogens is 1. The van der Waals surface area contributed by atoms with E-state index in [1.165, 1.54) is 0 Å². The Morgan fingerprint density at radius 1 is 1.16 bits per heavy atom. The van der Waals surface area contributed by atoms with Crippen molar-refractivity contribution in [1.29, 1.82) is 0 Å². The number of carbonyl (C=O) groups is 1. The van der Waals surface area contributed by atoms with Gasteiger partial charge >= 0.3 is 0 Å². The number of fused-ring (bicyclic) bond motifs is 1. The fraction of sp³-hybridized carbons (Fsp3) is 0.360. The van der Waals surface area contributed by atoms with Crippen LogP contribution in [0.1, 0.15) is 51.9 Å². The third-order valence-corrected chi connectivity index (χ3v) is 6.21. The van der Waals surface area contributed by atoms with Crippen LogP contribution in [0, 0.1) is 13.8 Å². The van der Waals surface area contributed by atoms with Gasteiger partial charge in [-0.1, -0.05) is 29.4 Å². The zero-order valence-corrected chi connectivity index (χ0v) is 18.3. The SMILES string of the molecule is Cc1noc(C)c1COc1ccc([C@H]2Nc3ccccc3C(=O)N2C[C@H]2CCCO2)cc1. The molecule has 1 aromatic heterocycles. The number of nitrogens with one attached hydrogen (secondary N) is 1. The first kappa shape index (κ1) is 20.6. The summed E-state index contributed by atoms with van der Waals surface area (Å²) in [4.78, 5) is 15.2. The molecule has 3 heterocycles. The molecule has 1 amide bonds. The van der Waals surface area contributed by atoms with E-state index in [4.69, 9.17) is 14.0 Å². The predicted octanol–water partition coefficient (Wildman–Crippen LogP) is 4.62. The van der Waals surface area contributed by atoms with Crippen molar-refractivity contribution in [3.05, 3.63) is 76.7 Å². The van der Waals surface area contributed by atoms with Crippen LogP contribution in [0.15, 0.2) is 53.1 Å². The van der Waals surface area contributed by atoms with Crippen LogP contribution in [0.3, 0.4) is 0 Å². The monoisotopic (exact) mass is 433 g/mol. The van der Waals surface area contributed by atoms with Gasteiger partial charge in [-0.15, -0.1) is 0 Å². The first-order valence-electron chi connectivity index (χ1n) is 11.0. The van der Waals surface area contributed by atoms with Crippen molar-refractivity contribution >= 4 is 11.6 Å². The molecule has 166 valence electrons. The maximum atomic E-state index is 13.3. The molecule has 2 aliphatic heterocycles. The topological polar surface area (TPSA) is 76.8 Å².